The summed E-state index contributed by atoms with van der Waals surface area (Å²) < 4.78 is 8.08. The molecule has 5 rings (SSSR count). The number of piperazine rings is 1. The highest BCUT2D eigenvalue weighted by atomic mass is 32.1. The zero-order chi connectivity index (χ0) is 23.5. The molecule has 0 atom stereocenters. The van der Waals surface area contributed by atoms with E-state index >= 15 is 0 Å². The number of carbonyl (C=O) groups is 2. The molecule has 1 N–H and O–H groups in total. The van der Waals surface area contributed by atoms with Crippen LogP contribution in [0.1, 0.15) is 10.4 Å². The number of carbonyl (C=O) groups excluding carboxylic acids is 2. The van der Waals surface area contributed by atoms with Crippen molar-refractivity contribution in [1.29, 1.82) is 0 Å². The summed E-state index contributed by atoms with van der Waals surface area (Å²) in [5.74, 6) is 0.490. The molecule has 2 amide bonds. The Balaban J connectivity index is 1.14. The first-order chi connectivity index (χ1) is 16.6. The Morgan fingerprint density at radius 3 is 2.47 bits per heavy atom. The molecule has 1 aliphatic rings. The van der Waals surface area contributed by atoms with Gasteiger partial charge in [0.25, 0.3) is 5.91 Å². The van der Waals surface area contributed by atoms with Gasteiger partial charge in [0.15, 0.2) is 5.13 Å². The van der Waals surface area contributed by atoms with E-state index in [-0.39, 0.29) is 18.4 Å². The quantitative estimate of drug-likeness (QED) is 0.463. The number of anilines is 1. The Bertz CT molecular complexity index is 1290. The fourth-order valence-corrected chi connectivity index (χ4v) is 4.97. The van der Waals surface area contributed by atoms with E-state index in [1.807, 2.05) is 65.5 Å². The van der Waals surface area contributed by atoms with Gasteiger partial charge in [-0.3, -0.25) is 9.59 Å². The van der Waals surface area contributed by atoms with Gasteiger partial charge in [-0.15, -0.1) is 0 Å². The van der Waals surface area contributed by atoms with Crippen LogP contribution >= 0.6 is 11.3 Å². The topological polar surface area (TPSA) is 79.7 Å². The number of methoxy groups -OCH3 is 1. The molecule has 0 spiro atoms. The van der Waals surface area contributed by atoms with Gasteiger partial charge in [0, 0.05) is 49.8 Å². The van der Waals surface area contributed by atoms with Crippen LogP contribution in [0.2, 0.25) is 0 Å². The van der Waals surface area contributed by atoms with Crippen LogP contribution in [0.15, 0.2) is 67.0 Å². The first-order valence-electron chi connectivity index (χ1n) is 11.1. The van der Waals surface area contributed by atoms with Crippen LogP contribution < -0.4 is 15.0 Å². The van der Waals surface area contributed by atoms with E-state index in [9.17, 15) is 9.59 Å². The normalized spacial score (nSPS) is 13.8. The number of thiazole rings is 1. The molecule has 8 nitrogen and oxygen atoms in total. The number of nitrogens with zero attached hydrogens (tertiary/aromatic N) is 4. The number of rotatable bonds is 6. The Hall–Kier alpha value is -3.85. The van der Waals surface area contributed by atoms with Gasteiger partial charge >= 0.3 is 0 Å². The number of hydrogen-bond acceptors (Lipinski definition) is 6. The molecule has 0 aliphatic carbocycles. The summed E-state index contributed by atoms with van der Waals surface area (Å²) in [6, 6.07) is 17.2. The molecule has 0 unspecified atom stereocenters. The van der Waals surface area contributed by atoms with Crippen molar-refractivity contribution in [2.75, 3.05) is 44.7 Å². The lowest BCUT2D eigenvalue weighted by Crippen LogP contribution is -2.51. The van der Waals surface area contributed by atoms with E-state index < -0.39 is 0 Å². The maximum atomic E-state index is 12.7. The molecule has 174 valence electrons. The number of benzene rings is 2. The van der Waals surface area contributed by atoms with Crippen LogP contribution in [0.5, 0.6) is 5.75 Å². The Morgan fingerprint density at radius 2 is 1.76 bits per heavy atom. The predicted molar refractivity (Wildman–Crippen MR) is 133 cm³/mol. The van der Waals surface area contributed by atoms with Gasteiger partial charge in [-0.25, -0.2) is 4.98 Å². The lowest BCUT2D eigenvalue weighted by molar-refractivity contribution is -0.130. The standard InChI is InChI=1S/C25H25N5O3S/c1-33-20-7-5-19(6-8-20)28-12-14-29(15-13-28)23(31)17-26-24(32)18-4-9-21-22(16-18)34-25(27-21)30-10-2-3-11-30/h2-11,16H,12-15,17H2,1H3,(H,26,32). The monoisotopic (exact) mass is 475 g/mol. The minimum atomic E-state index is -0.261. The number of hydrogen-bond donors (Lipinski definition) is 1. The summed E-state index contributed by atoms with van der Waals surface area (Å²) >= 11 is 1.52. The van der Waals surface area contributed by atoms with Crippen molar-refractivity contribution < 1.29 is 14.3 Å². The highest BCUT2D eigenvalue weighted by molar-refractivity contribution is 7.20. The molecule has 2 aromatic heterocycles. The summed E-state index contributed by atoms with van der Waals surface area (Å²) in [5.41, 5.74) is 2.47. The number of ether oxygens (including phenoxy) is 1. The van der Waals surface area contributed by atoms with E-state index in [0.717, 1.165) is 39.9 Å². The van der Waals surface area contributed by atoms with Crippen molar-refractivity contribution in [1.82, 2.24) is 19.8 Å². The SMILES string of the molecule is COc1ccc(N2CCN(C(=O)CNC(=O)c3ccc4nc(-n5cccc5)sc4c3)CC2)cc1. The second-order valence-corrected chi connectivity index (χ2v) is 9.03. The highest BCUT2D eigenvalue weighted by Gasteiger charge is 2.22. The molecule has 3 heterocycles. The molecule has 34 heavy (non-hydrogen) atoms. The van der Waals surface area contributed by atoms with Crippen molar-refractivity contribution in [2.45, 2.75) is 0 Å². The molecular weight excluding hydrogens is 450 g/mol. The van der Waals surface area contributed by atoms with Gasteiger partial charge < -0.3 is 24.4 Å². The first kappa shape index (κ1) is 22.0. The van der Waals surface area contributed by atoms with Gasteiger partial charge in [-0.1, -0.05) is 11.3 Å². The minimum Gasteiger partial charge on any atom is -0.497 e. The second kappa shape index (κ2) is 9.56. The predicted octanol–water partition coefficient (Wildman–Crippen LogP) is 3.17. The fourth-order valence-electron chi connectivity index (χ4n) is 4.00. The third kappa shape index (κ3) is 4.60. The lowest BCUT2D eigenvalue weighted by Gasteiger charge is -2.36. The average molecular weight is 476 g/mol. The van der Waals surface area contributed by atoms with Crippen LogP contribution in [0, 0.1) is 0 Å². The van der Waals surface area contributed by atoms with Crippen molar-refractivity contribution in [3.63, 3.8) is 0 Å². The second-order valence-electron chi connectivity index (χ2n) is 8.02. The van der Waals surface area contributed by atoms with Crippen LogP contribution in [0.25, 0.3) is 15.3 Å². The molecule has 0 saturated carbocycles. The molecule has 9 heteroatoms. The molecule has 4 aromatic rings. The van der Waals surface area contributed by atoms with Gasteiger partial charge in [0.05, 0.1) is 23.9 Å². The molecule has 1 fully saturated rings. The Morgan fingerprint density at radius 1 is 1.03 bits per heavy atom. The highest BCUT2D eigenvalue weighted by Crippen LogP contribution is 2.26. The molecule has 2 aromatic carbocycles. The number of amides is 2. The number of aromatic nitrogens is 2. The van der Waals surface area contributed by atoms with Crippen LogP contribution in [-0.2, 0) is 4.79 Å². The van der Waals surface area contributed by atoms with Gasteiger partial charge in [0.1, 0.15) is 5.75 Å². The van der Waals surface area contributed by atoms with E-state index in [2.05, 4.69) is 15.2 Å². The maximum absolute atomic E-state index is 12.7. The molecule has 1 aliphatic heterocycles. The largest absolute Gasteiger partial charge is 0.497 e. The molecule has 0 bridgehead atoms. The van der Waals surface area contributed by atoms with E-state index in [0.29, 0.717) is 18.7 Å². The van der Waals surface area contributed by atoms with E-state index in [1.54, 1.807) is 18.1 Å². The molecular formula is C25H25N5O3S. The summed E-state index contributed by atoms with van der Waals surface area (Å²) in [4.78, 5) is 34.0. The number of fused-ring (bicyclic) bond motifs is 1. The third-order valence-electron chi connectivity index (χ3n) is 5.93. The Labute approximate surface area is 201 Å². The third-order valence-corrected chi connectivity index (χ3v) is 6.97. The first-order valence-corrected chi connectivity index (χ1v) is 11.9. The fraction of sp³-hybridized carbons (Fsp3) is 0.240. The van der Waals surface area contributed by atoms with Crippen molar-refractivity contribution in [3.05, 3.63) is 72.6 Å². The van der Waals surface area contributed by atoms with Gasteiger partial charge in [-0.2, -0.15) is 0 Å². The van der Waals surface area contributed by atoms with Crippen LogP contribution in [-0.4, -0.2) is 66.1 Å². The van der Waals surface area contributed by atoms with E-state index in [1.165, 1.54) is 11.3 Å². The van der Waals surface area contributed by atoms with E-state index in [4.69, 9.17) is 4.74 Å². The maximum Gasteiger partial charge on any atom is 0.251 e. The average Bonchev–Trinajstić information content (AvgIpc) is 3.57. The van der Waals surface area contributed by atoms with Crippen LogP contribution in [0.3, 0.4) is 0 Å². The van der Waals surface area contributed by atoms with Gasteiger partial charge in [0.2, 0.25) is 5.91 Å². The zero-order valence-corrected chi connectivity index (χ0v) is 19.6. The Kier molecular flexibility index (Phi) is 6.18. The van der Waals surface area contributed by atoms with Crippen molar-refractivity contribution >= 4 is 39.1 Å². The smallest absolute Gasteiger partial charge is 0.251 e. The molecule has 1 saturated heterocycles. The molecule has 0 radical (unpaired) electrons. The van der Waals surface area contributed by atoms with Crippen molar-refractivity contribution in [2.24, 2.45) is 0 Å². The lowest BCUT2D eigenvalue weighted by atomic mass is 10.2. The minimum absolute atomic E-state index is 0.0171. The van der Waals surface area contributed by atoms with Gasteiger partial charge in [-0.05, 0) is 54.6 Å². The zero-order valence-electron chi connectivity index (χ0n) is 18.8. The summed E-state index contributed by atoms with van der Waals surface area (Å²) in [6.45, 7) is 2.72. The van der Waals surface area contributed by atoms with Crippen LogP contribution in [0.4, 0.5) is 5.69 Å². The summed E-state index contributed by atoms with van der Waals surface area (Å²) in [5, 5.41) is 3.62. The summed E-state index contributed by atoms with van der Waals surface area (Å²) in [6.07, 6.45) is 3.88. The summed E-state index contributed by atoms with van der Waals surface area (Å²) in [7, 11) is 1.65. The van der Waals surface area contributed by atoms with Crippen molar-refractivity contribution in [3.8, 4) is 10.9 Å². The number of nitrogens with one attached hydrogen (secondary N) is 1.